The van der Waals surface area contributed by atoms with Crippen molar-refractivity contribution in [2.45, 2.75) is 0 Å². The van der Waals surface area contributed by atoms with Crippen molar-refractivity contribution in [3.05, 3.63) is 56.5 Å². The smallest absolute Gasteiger partial charge is 0.258 e. The molecule has 2 rings (SSSR count). The molecule has 0 heterocycles. The minimum atomic E-state index is -0.799. The molecule has 2 aromatic carbocycles. The highest BCUT2D eigenvalue weighted by Crippen LogP contribution is 2.33. The zero-order chi connectivity index (χ0) is 14.9. The maximum absolute atomic E-state index is 13.5. The van der Waals surface area contributed by atoms with Gasteiger partial charge in [0.1, 0.15) is 11.6 Å². The quantitative estimate of drug-likeness (QED) is 0.731. The number of amides is 1. The van der Waals surface area contributed by atoms with Gasteiger partial charge in [-0.05, 0) is 62.2 Å². The van der Waals surface area contributed by atoms with Gasteiger partial charge in [0.2, 0.25) is 0 Å². The summed E-state index contributed by atoms with van der Waals surface area (Å²) in [6, 6.07) is 5.85. The lowest BCUT2D eigenvalue weighted by atomic mass is 10.2. The molecule has 0 radical (unpaired) electrons. The van der Waals surface area contributed by atoms with Crippen LogP contribution in [0.25, 0.3) is 0 Å². The molecule has 0 saturated heterocycles. The summed E-state index contributed by atoms with van der Waals surface area (Å²) < 4.78 is 27.6. The van der Waals surface area contributed by atoms with Crippen LogP contribution in [0.4, 0.5) is 20.2 Å². The molecule has 3 N–H and O–H groups in total. The van der Waals surface area contributed by atoms with E-state index in [1.165, 1.54) is 0 Å². The van der Waals surface area contributed by atoms with E-state index in [4.69, 9.17) is 5.73 Å². The molecule has 104 valence electrons. The van der Waals surface area contributed by atoms with Gasteiger partial charge in [0.15, 0.2) is 0 Å². The van der Waals surface area contributed by atoms with Crippen LogP contribution in [-0.4, -0.2) is 5.91 Å². The molecule has 7 heteroatoms. The molecule has 0 unspecified atom stereocenters. The lowest BCUT2D eigenvalue weighted by molar-refractivity contribution is 0.102. The molecule has 20 heavy (non-hydrogen) atoms. The summed E-state index contributed by atoms with van der Waals surface area (Å²) in [4.78, 5) is 12.0. The molecule has 0 atom stereocenters. The molecular weight excluding hydrogens is 398 g/mol. The number of carbonyl (C=O) groups is 1. The molecule has 0 spiro atoms. The Labute approximate surface area is 130 Å². The third kappa shape index (κ3) is 3.16. The molecule has 1 amide bonds. The summed E-state index contributed by atoms with van der Waals surface area (Å²) in [5, 5.41) is 2.50. The number of halogens is 4. The van der Waals surface area contributed by atoms with E-state index >= 15 is 0 Å². The number of hydrogen-bond donors (Lipinski definition) is 2. The number of nitrogens with two attached hydrogens (primary N) is 1. The SMILES string of the molecule is Nc1cc(Br)c(NC(=O)c2cc(F)ccc2F)c(Br)c1. The third-order valence-electron chi connectivity index (χ3n) is 2.48. The van der Waals surface area contributed by atoms with E-state index in [0.717, 1.165) is 18.2 Å². The second-order valence-electron chi connectivity index (χ2n) is 3.94. The minimum Gasteiger partial charge on any atom is -0.399 e. The van der Waals surface area contributed by atoms with Gasteiger partial charge < -0.3 is 11.1 Å². The molecule has 3 nitrogen and oxygen atoms in total. The third-order valence-corrected chi connectivity index (χ3v) is 3.73. The first-order valence-electron chi connectivity index (χ1n) is 5.39. The Morgan fingerprint density at radius 1 is 1.10 bits per heavy atom. The van der Waals surface area contributed by atoms with Gasteiger partial charge in [0.05, 0.1) is 11.3 Å². The van der Waals surface area contributed by atoms with Gasteiger partial charge >= 0.3 is 0 Å². The number of benzene rings is 2. The molecule has 0 fully saturated rings. The Morgan fingerprint density at radius 3 is 2.30 bits per heavy atom. The van der Waals surface area contributed by atoms with Crippen molar-refractivity contribution < 1.29 is 13.6 Å². The molecule has 0 bridgehead atoms. The molecule has 0 aromatic heterocycles. The fourth-order valence-corrected chi connectivity index (χ4v) is 2.98. The first-order valence-corrected chi connectivity index (χ1v) is 6.98. The summed E-state index contributed by atoms with van der Waals surface area (Å²) in [5.41, 5.74) is 6.12. The Kier molecular flexibility index (Phi) is 4.39. The number of hydrogen-bond acceptors (Lipinski definition) is 2. The lowest BCUT2D eigenvalue weighted by Gasteiger charge is -2.11. The van der Waals surface area contributed by atoms with E-state index in [1.807, 2.05) is 0 Å². The van der Waals surface area contributed by atoms with Crippen LogP contribution in [-0.2, 0) is 0 Å². The Bertz CT molecular complexity index is 669. The highest BCUT2D eigenvalue weighted by atomic mass is 79.9. The van der Waals surface area contributed by atoms with Crippen molar-refractivity contribution in [2.75, 3.05) is 11.1 Å². The van der Waals surface area contributed by atoms with E-state index in [0.29, 0.717) is 20.3 Å². The van der Waals surface area contributed by atoms with Gasteiger partial charge in [-0.25, -0.2) is 8.78 Å². The van der Waals surface area contributed by atoms with Crippen LogP contribution in [0.2, 0.25) is 0 Å². The number of anilines is 2. The van der Waals surface area contributed by atoms with Crippen LogP contribution in [0.1, 0.15) is 10.4 Å². The highest BCUT2D eigenvalue weighted by Gasteiger charge is 2.16. The average molecular weight is 406 g/mol. The van der Waals surface area contributed by atoms with Crippen molar-refractivity contribution in [1.82, 2.24) is 0 Å². The maximum Gasteiger partial charge on any atom is 0.258 e. The zero-order valence-corrected chi connectivity index (χ0v) is 13.1. The van der Waals surface area contributed by atoms with Crippen LogP contribution in [0.15, 0.2) is 39.3 Å². The van der Waals surface area contributed by atoms with E-state index < -0.39 is 17.5 Å². The Balaban J connectivity index is 2.35. The first-order chi connectivity index (χ1) is 9.38. The molecule has 0 aliphatic rings. The fraction of sp³-hybridized carbons (Fsp3) is 0. The average Bonchev–Trinajstić information content (AvgIpc) is 2.36. The van der Waals surface area contributed by atoms with E-state index in [2.05, 4.69) is 37.2 Å². The highest BCUT2D eigenvalue weighted by molar-refractivity contribution is 9.11. The summed E-state index contributed by atoms with van der Waals surface area (Å²) in [7, 11) is 0. The maximum atomic E-state index is 13.5. The number of nitrogen functional groups attached to an aromatic ring is 1. The number of rotatable bonds is 2. The van der Waals surface area contributed by atoms with Crippen LogP contribution < -0.4 is 11.1 Å². The first kappa shape index (κ1) is 14.9. The van der Waals surface area contributed by atoms with Gasteiger partial charge in [0, 0.05) is 14.6 Å². The number of nitrogens with one attached hydrogen (secondary N) is 1. The second kappa shape index (κ2) is 5.88. The van der Waals surface area contributed by atoms with Crippen LogP contribution in [0.3, 0.4) is 0 Å². The fourth-order valence-electron chi connectivity index (χ4n) is 1.56. The van der Waals surface area contributed by atoms with Gasteiger partial charge in [-0.3, -0.25) is 4.79 Å². The Hall–Kier alpha value is -1.47. The van der Waals surface area contributed by atoms with Crippen molar-refractivity contribution in [3.8, 4) is 0 Å². The van der Waals surface area contributed by atoms with Crippen molar-refractivity contribution in [2.24, 2.45) is 0 Å². The van der Waals surface area contributed by atoms with E-state index in [-0.39, 0.29) is 5.56 Å². The van der Waals surface area contributed by atoms with Crippen molar-refractivity contribution >= 4 is 49.1 Å². The molecule has 0 aliphatic heterocycles. The Morgan fingerprint density at radius 2 is 1.70 bits per heavy atom. The van der Waals surface area contributed by atoms with Crippen LogP contribution in [0.5, 0.6) is 0 Å². The molecule has 0 saturated carbocycles. The molecule has 2 aromatic rings. The van der Waals surface area contributed by atoms with Crippen LogP contribution in [0, 0.1) is 11.6 Å². The van der Waals surface area contributed by atoms with E-state index in [9.17, 15) is 13.6 Å². The van der Waals surface area contributed by atoms with Gasteiger partial charge in [0.25, 0.3) is 5.91 Å². The minimum absolute atomic E-state index is 0.374. The van der Waals surface area contributed by atoms with Crippen molar-refractivity contribution in [3.63, 3.8) is 0 Å². The van der Waals surface area contributed by atoms with E-state index in [1.54, 1.807) is 12.1 Å². The predicted molar refractivity (Wildman–Crippen MR) is 80.6 cm³/mol. The topological polar surface area (TPSA) is 55.1 Å². The lowest BCUT2D eigenvalue weighted by Crippen LogP contribution is -2.15. The van der Waals surface area contributed by atoms with Gasteiger partial charge in [-0.15, -0.1) is 0 Å². The normalized spacial score (nSPS) is 10.4. The van der Waals surface area contributed by atoms with Gasteiger partial charge in [-0.1, -0.05) is 0 Å². The summed E-state index contributed by atoms with van der Waals surface area (Å²) in [6.45, 7) is 0. The second-order valence-corrected chi connectivity index (χ2v) is 5.65. The zero-order valence-electron chi connectivity index (χ0n) is 9.88. The monoisotopic (exact) mass is 404 g/mol. The largest absolute Gasteiger partial charge is 0.399 e. The standard InChI is InChI=1S/C13H8Br2F2N2O/c14-9-4-7(18)5-10(15)12(9)19-13(20)8-3-6(16)1-2-11(8)17/h1-5H,18H2,(H,19,20). The summed E-state index contributed by atoms with van der Waals surface area (Å²) in [6.07, 6.45) is 0. The number of carbonyl (C=O) groups excluding carboxylic acids is 1. The van der Waals surface area contributed by atoms with Crippen LogP contribution >= 0.6 is 31.9 Å². The van der Waals surface area contributed by atoms with Crippen molar-refractivity contribution in [1.29, 1.82) is 0 Å². The summed E-state index contributed by atoms with van der Waals surface area (Å²) in [5.74, 6) is -2.24. The summed E-state index contributed by atoms with van der Waals surface area (Å²) >= 11 is 6.48. The molecule has 0 aliphatic carbocycles. The van der Waals surface area contributed by atoms with Gasteiger partial charge in [-0.2, -0.15) is 0 Å². The molecular formula is C13H8Br2F2N2O. The predicted octanol–water partition coefficient (Wildman–Crippen LogP) is 4.32.